The minimum atomic E-state index is -0.270. The number of rotatable bonds is 3. The van der Waals surface area contributed by atoms with E-state index in [1.54, 1.807) is 0 Å². The van der Waals surface area contributed by atoms with E-state index >= 15 is 0 Å². The van der Waals surface area contributed by atoms with Gasteiger partial charge in [-0.2, -0.15) is 0 Å². The van der Waals surface area contributed by atoms with Crippen molar-refractivity contribution < 1.29 is 9.53 Å². The minimum absolute atomic E-state index is 0.102. The monoisotopic (exact) mass is 284 g/mol. The van der Waals surface area contributed by atoms with E-state index in [-0.39, 0.29) is 16.8 Å². The number of benzene rings is 2. The van der Waals surface area contributed by atoms with E-state index in [1.807, 2.05) is 48.2 Å². The summed E-state index contributed by atoms with van der Waals surface area (Å²) in [6.07, 6.45) is -0.102. The van der Waals surface area contributed by atoms with Gasteiger partial charge in [-0.15, -0.1) is 11.8 Å². The largest absolute Gasteiger partial charge is 0.459 e. The summed E-state index contributed by atoms with van der Waals surface area (Å²) >= 11 is 1.83. The molecule has 0 amide bonds. The maximum Gasteiger partial charge on any atom is 0.303 e. The Balaban J connectivity index is 2.07. The number of thioether (sulfide) groups is 1. The molecule has 0 saturated carbocycles. The molecule has 2 nitrogen and oxygen atoms in total. The molecule has 1 heterocycles. The second-order valence-electron chi connectivity index (χ2n) is 4.88. The molecule has 1 aliphatic heterocycles. The lowest BCUT2D eigenvalue weighted by atomic mass is 9.85. The topological polar surface area (TPSA) is 26.3 Å². The van der Waals surface area contributed by atoms with Crippen molar-refractivity contribution in [2.45, 2.75) is 17.8 Å². The van der Waals surface area contributed by atoms with Gasteiger partial charge in [0.2, 0.25) is 0 Å². The van der Waals surface area contributed by atoms with Gasteiger partial charge in [-0.05, 0) is 11.1 Å². The van der Waals surface area contributed by atoms with Gasteiger partial charge in [-0.25, -0.2) is 0 Å². The molecule has 2 aromatic rings. The Morgan fingerprint density at radius 1 is 1.05 bits per heavy atom. The highest BCUT2D eigenvalue weighted by atomic mass is 32.2. The number of ether oxygens (including phenoxy) is 1. The third-order valence-corrected chi connectivity index (χ3v) is 5.29. The van der Waals surface area contributed by atoms with Gasteiger partial charge >= 0.3 is 5.97 Å². The Labute approximate surface area is 123 Å². The summed E-state index contributed by atoms with van der Waals surface area (Å²) in [5, 5.41) is 0. The maximum absolute atomic E-state index is 11.4. The van der Waals surface area contributed by atoms with Crippen molar-refractivity contribution in [3.8, 4) is 0 Å². The average molecular weight is 284 g/mol. The predicted molar refractivity (Wildman–Crippen MR) is 81.7 cm³/mol. The number of hydrogen-bond donors (Lipinski definition) is 0. The fourth-order valence-corrected chi connectivity index (χ4v) is 4.07. The fraction of sp³-hybridized carbons (Fsp3) is 0.235. The lowest BCUT2D eigenvalue weighted by Gasteiger charge is -2.48. The molecule has 0 bridgehead atoms. The summed E-state index contributed by atoms with van der Waals surface area (Å²) in [6, 6.07) is 20.6. The molecule has 2 aromatic carbocycles. The van der Waals surface area contributed by atoms with E-state index in [1.165, 1.54) is 18.1 Å². The van der Waals surface area contributed by atoms with Crippen molar-refractivity contribution in [3.05, 3.63) is 71.8 Å². The summed E-state index contributed by atoms with van der Waals surface area (Å²) in [7, 11) is 0. The molecule has 0 aromatic heterocycles. The van der Waals surface area contributed by atoms with Crippen LogP contribution in [0.15, 0.2) is 60.7 Å². The summed E-state index contributed by atoms with van der Waals surface area (Å²) in [5.74, 6) is 0.621. The highest BCUT2D eigenvalue weighted by molar-refractivity contribution is 8.02. The first-order valence-corrected chi connectivity index (χ1v) is 7.64. The highest BCUT2D eigenvalue weighted by Crippen LogP contribution is 2.55. The molecule has 1 aliphatic rings. The molecule has 1 saturated heterocycles. The van der Waals surface area contributed by atoms with Crippen LogP contribution in [0.25, 0.3) is 0 Å². The molecule has 0 radical (unpaired) electrons. The van der Waals surface area contributed by atoms with Crippen molar-refractivity contribution in [3.63, 3.8) is 0 Å². The Bertz CT molecular complexity index is 555. The second kappa shape index (κ2) is 5.33. The van der Waals surface area contributed by atoms with Crippen molar-refractivity contribution in [1.29, 1.82) is 0 Å². The third-order valence-electron chi connectivity index (χ3n) is 3.63. The molecular weight excluding hydrogens is 268 g/mol. The standard InChI is InChI=1S/C17H16O2S/c1-13(18)19-16-12-20-17(16,14-8-4-2-5-9-14)15-10-6-3-7-11-15/h2-11,16H,12H2,1H3. The van der Waals surface area contributed by atoms with Crippen LogP contribution in [0.4, 0.5) is 0 Å². The molecule has 0 N–H and O–H groups in total. The van der Waals surface area contributed by atoms with Gasteiger partial charge in [0.25, 0.3) is 0 Å². The van der Waals surface area contributed by atoms with Gasteiger partial charge < -0.3 is 4.74 Å². The Morgan fingerprint density at radius 2 is 1.55 bits per heavy atom. The smallest absolute Gasteiger partial charge is 0.303 e. The molecule has 1 atom stereocenters. The molecule has 102 valence electrons. The van der Waals surface area contributed by atoms with Crippen LogP contribution < -0.4 is 0 Å². The van der Waals surface area contributed by atoms with Crippen LogP contribution in [0.3, 0.4) is 0 Å². The van der Waals surface area contributed by atoms with E-state index in [0.717, 1.165) is 5.75 Å². The Hall–Kier alpha value is -1.74. The van der Waals surface area contributed by atoms with Gasteiger partial charge in [0.1, 0.15) is 10.9 Å². The first kappa shape index (κ1) is 13.3. The quantitative estimate of drug-likeness (QED) is 0.805. The fourth-order valence-electron chi connectivity index (χ4n) is 2.71. The van der Waals surface area contributed by atoms with Crippen molar-refractivity contribution in [2.24, 2.45) is 0 Å². The van der Waals surface area contributed by atoms with Crippen LogP contribution in [0.2, 0.25) is 0 Å². The van der Waals surface area contributed by atoms with Crippen LogP contribution in [0.5, 0.6) is 0 Å². The molecule has 3 rings (SSSR count). The molecule has 1 fully saturated rings. The average Bonchev–Trinajstić information content (AvgIpc) is 2.46. The molecule has 3 heteroatoms. The summed E-state index contributed by atoms with van der Waals surface area (Å²) < 4.78 is 5.28. The number of esters is 1. The number of carbonyl (C=O) groups is 1. The summed E-state index contributed by atoms with van der Waals surface area (Å²) in [4.78, 5) is 11.4. The van der Waals surface area contributed by atoms with Crippen LogP contribution in [0, 0.1) is 0 Å². The van der Waals surface area contributed by atoms with Crippen molar-refractivity contribution in [1.82, 2.24) is 0 Å². The Kier molecular flexibility index (Phi) is 3.53. The van der Waals surface area contributed by atoms with Crippen LogP contribution in [-0.4, -0.2) is 17.8 Å². The SMILES string of the molecule is CC(=O)OC1CSC1(c1ccccc1)c1ccccc1. The van der Waals surface area contributed by atoms with Crippen molar-refractivity contribution >= 4 is 17.7 Å². The number of hydrogen-bond acceptors (Lipinski definition) is 3. The van der Waals surface area contributed by atoms with Gasteiger partial charge in [0.05, 0.1) is 0 Å². The summed E-state index contributed by atoms with van der Waals surface area (Å²) in [5.41, 5.74) is 2.38. The first-order chi connectivity index (χ1) is 9.73. The zero-order valence-corrected chi connectivity index (χ0v) is 12.1. The minimum Gasteiger partial charge on any atom is -0.459 e. The van der Waals surface area contributed by atoms with E-state index in [4.69, 9.17) is 4.74 Å². The van der Waals surface area contributed by atoms with E-state index < -0.39 is 0 Å². The molecular formula is C17H16O2S. The van der Waals surface area contributed by atoms with Gasteiger partial charge in [0.15, 0.2) is 0 Å². The van der Waals surface area contributed by atoms with Crippen LogP contribution >= 0.6 is 11.8 Å². The lowest BCUT2D eigenvalue weighted by Crippen LogP contribution is -2.50. The second-order valence-corrected chi connectivity index (χ2v) is 6.14. The first-order valence-electron chi connectivity index (χ1n) is 6.66. The number of carbonyl (C=O) groups excluding carboxylic acids is 1. The normalized spacial score (nSPS) is 19.9. The lowest BCUT2D eigenvalue weighted by molar-refractivity contribution is -0.147. The zero-order valence-electron chi connectivity index (χ0n) is 11.3. The van der Waals surface area contributed by atoms with Gasteiger partial charge in [-0.1, -0.05) is 60.7 Å². The highest BCUT2D eigenvalue weighted by Gasteiger charge is 2.52. The molecule has 20 heavy (non-hydrogen) atoms. The maximum atomic E-state index is 11.4. The van der Waals surface area contributed by atoms with Gasteiger partial charge in [0, 0.05) is 12.7 Å². The molecule has 1 unspecified atom stereocenters. The van der Waals surface area contributed by atoms with Gasteiger partial charge in [-0.3, -0.25) is 4.79 Å². The van der Waals surface area contributed by atoms with Crippen molar-refractivity contribution in [2.75, 3.05) is 5.75 Å². The van der Waals surface area contributed by atoms with E-state index in [0.29, 0.717) is 0 Å². The van der Waals surface area contributed by atoms with Crippen LogP contribution in [0.1, 0.15) is 18.1 Å². The van der Waals surface area contributed by atoms with E-state index in [2.05, 4.69) is 24.3 Å². The third kappa shape index (κ3) is 2.12. The predicted octanol–water partition coefficient (Wildman–Crippen LogP) is 3.61. The zero-order chi connectivity index (χ0) is 14.0. The molecule has 0 aliphatic carbocycles. The summed E-state index contributed by atoms with van der Waals surface area (Å²) in [6.45, 7) is 1.48. The Morgan fingerprint density at radius 3 is 1.90 bits per heavy atom. The molecule has 0 spiro atoms. The van der Waals surface area contributed by atoms with E-state index in [9.17, 15) is 4.79 Å². The van der Waals surface area contributed by atoms with Crippen LogP contribution in [-0.2, 0) is 14.3 Å².